The van der Waals surface area contributed by atoms with Crippen LogP contribution in [0.15, 0.2) is 6.07 Å². The molecule has 0 amide bonds. The molecular weight excluding hydrogens is 401 g/mol. The molecule has 106 valence electrons. The summed E-state index contributed by atoms with van der Waals surface area (Å²) in [6, 6.07) is 1.20. The van der Waals surface area contributed by atoms with Crippen molar-refractivity contribution in [3.63, 3.8) is 0 Å². The molecule has 19 heavy (non-hydrogen) atoms. The largest absolute Gasteiger partial charge is 0.574 e. The number of nitrogens with zero attached hydrogens (tertiary/aromatic N) is 1. The van der Waals surface area contributed by atoms with Crippen LogP contribution in [0, 0.1) is 3.57 Å². The third-order valence-corrected chi connectivity index (χ3v) is 3.04. The second-order valence-corrected chi connectivity index (χ2v) is 4.60. The zero-order valence-corrected chi connectivity index (χ0v) is 12.5. The zero-order valence-electron chi connectivity index (χ0n) is 9.55. The maximum Gasteiger partial charge on any atom is 0.574 e. The molecule has 0 unspecified atom stereocenters. The molecule has 0 spiro atoms. The van der Waals surface area contributed by atoms with Gasteiger partial charge < -0.3 is 9.47 Å². The Bertz CT molecular complexity index is 482. The van der Waals surface area contributed by atoms with Crippen molar-refractivity contribution in [2.75, 3.05) is 6.61 Å². The molecule has 1 heterocycles. The fourth-order valence-electron chi connectivity index (χ4n) is 1.14. The van der Waals surface area contributed by atoms with E-state index in [9.17, 15) is 18.0 Å². The Hall–Kier alpha value is -0.770. The van der Waals surface area contributed by atoms with Crippen LogP contribution in [0.5, 0.6) is 5.88 Å². The zero-order chi connectivity index (χ0) is 14.6. The molecule has 0 saturated heterocycles. The van der Waals surface area contributed by atoms with Crippen LogP contribution in [-0.2, 0) is 10.6 Å². The highest BCUT2D eigenvalue weighted by molar-refractivity contribution is 14.1. The molecule has 0 aliphatic heterocycles. The molecule has 9 heteroatoms. The topological polar surface area (TPSA) is 48.4 Å². The Balaban J connectivity index is 3.26. The summed E-state index contributed by atoms with van der Waals surface area (Å²) in [5.41, 5.74) is -0.202. The SMILES string of the molecule is CCOC(=O)c1cc(I)c(CCl)nc1OC(F)(F)F. The lowest BCUT2D eigenvalue weighted by Crippen LogP contribution is -2.21. The van der Waals surface area contributed by atoms with Crippen LogP contribution >= 0.6 is 34.2 Å². The lowest BCUT2D eigenvalue weighted by Gasteiger charge is -2.13. The molecule has 0 fully saturated rings. The first kappa shape index (κ1) is 16.3. The van der Waals surface area contributed by atoms with Gasteiger partial charge in [0.05, 0.1) is 18.2 Å². The van der Waals surface area contributed by atoms with E-state index in [-0.39, 0.29) is 18.2 Å². The molecule has 0 N–H and O–H groups in total. The summed E-state index contributed by atoms with van der Waals surface area (Å²) < 4.78 is 45.6. The number of rotatable bonds is 4. The molecule has 0 aliphatic rings. The van der Waals surface area contributed by atoms with E-state index in [1.54, 1.807) is 0 Å². The molecule has 1 aromatic heterocycles. The second-order valence-electron chi connectivity index (χ2n) is 3.17. The van der Waals surface area contributed by atoms with E-state index in [0.29, 0.717) is 3.57 Å². The van der Waals surface area contributed by atoms with Gasteiger partial charge in [-0.1, -0.05) is 0 Å². The van der Waals surface area contributed by atoms with Gasteiger partial charge in [0.25, 0.3) is 0 Å². The Morgan fingerprint density at radius 3 is 2.63 bits per heavy atom. The standard InChI is InChI=1S/C10H8ClF3INO3/c1-2-18-9(17)5-3-6(15)7(4-11)16-8(5)19-10(12,13)14/h3H,2,4H2,1H3. The van der Waals surface area contributed by atoms with E-state index in [1.807, 2.05) is 22.6 Å². The molecule has 0 bridgehead atoms. The molecule has 0 radical (unpaired) electrons. The number of alkyl halides is 4. The van der Waals surface area contributed by atoms with Crippen molar-refractivity contribution in [1.29, 1.82) is 0 Å². The molecule has 0 saturated carbocycles. The molecule has 4 nitrogen and oxygen atoms in total. The highest BCUT2D eigenvalue weighted by Crippen LogP contribution is 2.28. The quantitative estimate of drug-likeness (QED) is 0.434. The minimum Gasteiger partial charge on any atom is -0.462 e. The summed E-state index contributed by atoms with van der Waals surface area (Å²) in [5.74, 6) is -1.90. The molecule has 0 aromatic carbocycles. The van der Waals surface area contributed by atoms with Crippen LogP contribution < -0.4 is 4.74 Å². The van der Waals surface area contributed by atoms with Gasteiger partial charge in [0.2, 0.25) is 5.88 Å². The first-order valence-corrected chi connectivity index (χ1v) is 6.58. The Morgan fingerprint density at radius 1 is 1.53 bits per heavy atom. The molecule has 1 aromatic rings. The van der Waals surface area contributed by atoms with Gasteiger partial charge in [0, 0.05) is 3.57 Å². The van der Waals surface area contributed by atoms with Crippen LogP contribution in [0.4, 0.5) is 13.2 Å². The summed E-state index contributed by atoms with van der Waals surface area (Å²) in [5, 5.41) is 0. The van der Waals surface area contributed by atoms with Crippen LogP contribution in [0.25, 0.3) is 0 Å². The summed E-state index contributed by atoms with van der Waals surface area (Å²) in [6.45, 7) is 1.56. The number of carbonyl (C=O) groups excluding carboxylic acids is 1. The van der Waals surface area contributed by atoms with Gasteiger partial charge in [-0.3, -0.25) is 0 Å². The smallest absolute Gasteiger partial charge is 0.462 e. The van der Waals surface area contributed by atoms with Crippen molar-refractivity contribution in [3.05, 3.63) is 20.9 Å². The number of halogens is 5. The molecule has 1 rings (SSSR count). The van der Waals surface area contributed by atoms with Crippen molar-refractivity contribution in [1.82, 2.24) is 4.98 Å². The Morgan fingerprint density at radius 2 is 2.16 bits per heavy atom. The fourth-order valence-corrected chi connectivity index (χ4v) is 2.20. The first-order valence-electron chi connectivity index (χ1n) is 4.96. The molecule has 0 atom stereocenters. The predicted molar refractivity (Wildman–Crippen MR) is 69.2 cm³/mol. The van der Waals surface area contributed by atoms with Crippen molar-refractivity contribution in [2.24, 2.45) is 0 Å². The van der Waals surface area contributed by atoms with E-state index in [0.717, 1.165) is 0 Å². The summed E-state index contributed by atoms with van der Waals surface area (Å²) in [7, 11) is 0. The van der Waals surface area contributed by atoms with Gasteiger partial charge in [-0.2, -0.15) is 0 Å². The van der Waals surface area contributed by atoms with Crippen LogP contribution in [-0.4, -0.2) is 23.9 Å². The number of carbonyl (C=O) groups is 1. The number of hydrogen-bond acceptors (Lipinski definition) is 4. The van der Waals surface area contributed by atoms with Crippen LogP contribution in [0.1, 0.15) is 23.0 Å². The third kappa shape index (κ3) is 4.68. The van der Waals surface area contributed by atoms with Crippen LogP contribution in [0.2, 0.25) is 0 Å². The number of esters is 1. The summed E-state index contributed by atoms with van der Waals surface area (Å²) in [6.07, 6.45) is -4.95. The van der Waals surface area contributed by atoms with E-state index in [4.69, 9.17) is 11.6 Å². The number of ether oxygens (including phenoxy) is 2. The van der Waals surface area contributed by atoms with Gasteiger partial charge in [0.15, 0.2) is 0 Å². The minimum atomic E-state index is -4.95. The van der Waals surface area contributed by atoms with Crippen molar-refractivity contribution >= 4 is 40.2 Å². The van der Waals surface area contributed by atoms with Gasteiger partial charge >= 0.3 is 12.3 Å². The van der Waals surface area contributed by atoms with E-state index >= 15 is 0 Å². The Kier molecular flexibility index (Phi) is 5.65. The molecule has 0 aliphatic carbocycles. The highest BCUT2D eigenvalue weighted by atomic mass is 127. The summed E-state index contributed by atoms with van der Waals surface area (Å²) in [4.78, 5) is 15.2. The normalized spacial score (nSPS) is 11.3. The average Bonchev–Trinajstić information content (AvgIpc) is 2.29. The van der Waals surface area contributed by atoms with E-state index in [1.165, 1.54) is 13.0 Å². The minimum absolute atomic E-state index is 0.0259. The highest BCUT2D eigenvalue weighted by Gasteiger charge is 2.34. The van der Waals surface area contributed by atoms with Crippen molar-refractivity contribution in [2.45, 2.75) is 19.2 Å². The predicted octanol–water partition coefficient (Wildman–Crippen LogP) is 3.50. The average molecular weight is 410 g/mol. The van der Waals surface area contributed by atoms with Gasteiger partial charge in [-0.05, 0) is 35.6 Å². The molecular formula is C10H8ClF3INO3. The number of aromatic nitrogens is 1. The lowest BCUT2D eigenvalue weighted by atomic mass is 10.2. The van der Waals surface area contributed by atoms with Gasteiger partial charge in [-0.15, -0.1) is 24.8 Å². The van der Waals surface area contributed by atoms with Crippen molar-refractivity contribution < 1.29 is 27.4 Å². The Labute approximate surface area is 125 Å². The van der Waals surface area contributed by atoms with Crippen molar-refractivity contribution in [3.8, 4) is 5.88 Å². The maximum absolute atomic E-state index is 12.3. The maximum atomic E-state index is 12.3. The lowest BCUT2D eigenvalue weighted by molar-refractivity contribution is -0.276. The van der Waals surface area contributed by atoms with E-state index < -0.39 is 23.8 Å². The number of pyridine rings is 1. The first-order chi connectivity index (χ1) is 8.78. The monoisotopic (exact) mass is 409 g/mol. The fraction of sp³-hybridized carbons (Fsp3) is 0.400. The van der Waals surface area contributed by atoms with E-state index in [2.05, 4.69) is 14.5 Å². The third-order valence-electron chi connectivity index (χ3n) is 1.85. The van der Waals surface area contributed by atoms with Gasteiger partial charge in [-0.25, -0.2) is 9.78 Å². The summed E-state index contributed by atoms with van der Waals surface area (Å²) >= 11 is 7.36. The number of hydrogen-bond donors (Lipinski definition) is 0. The second kappa shape index (κ2) is 6.60. The van der Waals surface area contributed by atoms with Crippen LogP contribution in [0.3, 0.4) is 0 Å². The van der Waals surface area contributed by atoms with Gasteiger partial charge in [0.1, 0.15) is 5.56 Å².